The van der Waals surface area contributed by atoms with Crippen molar-refractivity contribution in [1.29, 1.82) is 0 Å². The van der Waals surface area contributed by atoms with Crippen LogP contribution < -0.4 is 10.2 Å². The van der Waals surface area contributed by atoms with Gasteiger partial charge in [0, 0.05) is 25.2 Å². The minimum atomic E-state index is 0.0427. The zero-order valence-electron chi connectivity index (χ0n) is 7.86. The first kappa shape index (κ1) is 7.85. The molecule has 2 heterocycles. The van der Waals surface area contributed by atoms with Crippen LogP contribution in [0.1, 0.15) is 5.56 Å². The van der Waals surface area contributed by atoms with Gasteiger partial charge >= 0.3 is 0 Å². The summed E-state index contributed by atoms with van der Waals surface area (Å²) in [5.41, 5.74) is 2.54. The Balaban J connectivity index is 2.04. The van der Waals surface area contributed by atoms with Gasteiger partial charge in [-0.2, -0.15) is 0 Å². The summed E-state index contributed by atoms with van der Waals surface area (Å²) in [7, 11) is 0. The van der Waals surface area contributed by atoms with Crippen LogP contribution >= 0.6 is 0 Å². The molecular weight excluding hydrogens is 176 g/mol. The second kappa shape index (κ2) is 2.74. The number of amides is 1. The Labute approximate surface area is 82.7 Å². The van der Waals surface area contributed by atoms with Crippen LogP contribution in [0.15, 0.2) is 24.3 Å². The highest BCUT2D eigenvalue weighted by Gasteiger charge is 2.36. The second-order valence-electron chi connectivity index (χ2n) is 3.83. The molecular formula is C11H12N2O. The molecule has 1 aromatic carbocycles. The molecule has 2 aliphatic rings. The summed E-state index contributed by atoms with van der Waals surface area (Å²) in [5, 5.41) is 2.91. The van der Waals surface area contributed by atoms with Crippen LogP contribution in [0.5, 0.6) is 0 Å². The number of rotatable bonds is 0. The van der Waals surface area contributed by atoms with E-state index in [1.165, 1.54) is 11.3 Å². The third-order valence-corrected chi connectivity index (χ3v) is 3.05. The average molecular weight is 188 g/mol. The second-order valence-corrected chi connectivity index (χ2v) is 3.83. The van der Waals surface area contributed by atoms with Crippen LogP contribution in [0.2, 0.25) is 0 Å². The minimum Gasteiger partial charge on any atom is -0.357 e. The number of hydrogen-bond acceptors (Lipinski definition) is 2. The van der Waals surface area contributed by atoms with Crippen LogP contribution in [0.25, 0.3) is 0 Å². The first-order chi connectivity index (χ1) is 6.86. The van der Waals surface area contributed by atoms with Crippen molar-refractivity contribution < 1.29 is 4.79 Å². The molecule has 14 heavy (non-hydrogen) atoms. The SMILES string of the molecule is O=C1NCCN2c3ccccc3CC12. The molecule has 0 saturated carbocycles. The maximum atomic E-state index is 11.6. The maximum Gasteiger partial charge on any atom is 0.243 e. The predicted octanol–water partition coefficient (Wildman–Crippen LogP) is 0.547. The van der Waals surface area contributed by atoms with E-state index in [0.29, 0.717) is 0 Å². The molecule has 2 aliphatic heterocycles. The number of benzene rings is 1. The molecule has 0 aromatic heterocycles. The Morgan fingerprint density at radius 3 is 3.14 bits per heavy atom. The number of hydrogen-bond donors (Lipinski definition) is 1. The normalized spacial score (nSPS) is 24.1. The highest BCUT2D eigenvalue weighted by molar-refractivity contribution is 5.89. The number of carbonyl (C=O) groups is 1. The Morgan fingerprint density at radius 1 is 1.36 bits per heavy atom. The van der Waals surface area contributed by atoms with E-state index >= 15 is 0 Å². The minimum absolute atomic E-state index is 0.0427. The first-order valence-corrected chi connectivity index (χ1v) is 4.98. The van der Waals surface area contributed by atoms with Crippen molar-refractivity contribution in [2.45, 2.75) is 12.5 Å². The van der Waals surface area contributed by atoms with E-state index in [-0.39, 0.29) is 11.9 Å². The van der Waals surface area contributed by atoms with Gasteiger partial charge in [0.15, 0.2) is 0 Å². The van der Waals surface area contributed by atoms with E-state index in [0.717, 1.165) is 19.5 Å². The number of nitrogens with one attached hydrogen (secondary N) is 1. The van der Waals surface area contributed by atoms with Gasteiger partial charge in [-0.3, -0.25) is 4.79 Å². The van der Waals surface area contributed by atoms with E-state index < -0.39 is 0 Å². The fourth-order valence-corrected chi connectivity index (χ4v) is 2.38. The largest absolute Gasteiger partial charge is 0.357 e. The molecule has 0 radical (unpaired) electrons. The molecule has 3 nitrogen and oxygen atoms in total. The van der Waals surface area contributed by atoms with Crippen molar-refractivity contribution >= 4 is 11.6 Å². The Bertz CT molecular complexity index is 389. The molecule has 3 heteroatoms. The molecule has 1 unspecified atom stereocenters. The first-order valence-electron chi connectivity index (χ1n) is 4.98. The molecule has 1 saturated heterocycles. The van der Waals surface area contributed by atoms with E-state index in [1.54, 1.807) is 0 Å². The summed E-state index contributed by atoms with van der Waals surface area (Å²) in [6.45, 7) is 1.71. The monoisotopic (exact) mass is 188 g/mol. The maximum absolute atomic E-state index is 11.6. The lowest BCUT2D eigenvalue weighted by Gasteiger charge is -2.31. The van der Waals surface area contributed by atoms with Gasteiger partial charge in [-0.05, 0) is 11.6 Å². The summed E-state index contributed by atoms with van der Waals surface area (Å²) >= 11 is 0. The van der Waals surface area contributed by atoms with Gasteiger partial charge in [-0.25, -0.2) is 0 Å². The summed E-state index contributed by atoms with van der Waals surface area (Å²) < 4.78 is 0. The van der Waals surface area contributed by atoms with Gasteiger partial charge in [0.2, 0.25) is 5.91 Å². The van der Waals surface area contributed by atoms with Crippen molar-refractivity contribution in [1.82, 2.24) is 5.32 Å². The lowest BCUT2D eigenvalue weighted by Crippen LogP contribution is -2.53. The molecule has 1 atom stereocenters. The van der Waals surface area contributed by atoms with Crippen LogP contribution in [0.4, 0.5) is 5.69 Å². The average Bonchev–Trinajstić information content (AvgIpc) is 2.59. The zero-order valence-corrected chi connectivity index (χ0v) is 7.86. The fourth-order valence-electron chi connectivity index (χ4n) is 2.38. The molecule has 3 rings (SSSR count). The third kappa shape index (κ3) is 0.953. The van der Waals surface area contributed by atoms with Crippen molar-refractivity contribution in [2.75, 3.05) is 18.0 Å². The lowest BCUT2D eigenvalue weighted by molar-refractivity contribution is -0.123. The van der Waals surface area contributed by atoms with Crippen molar-refractivity contribution in [3.63, 3.8) is 0 Å². The molecule has 1 amide bonds. The summed E-state index contributed by atoms with van der Waals surface area (Å²) in [4.78, 5) is 13.8. The number of piperazine rings is 1. The van der Waals surface area contributed by atoms with Crippen LogP contribution in [-0.2, 0) is 11.2 Å². The summed E-state index contributed by atoms with van der Waals surface area (Å²) in [6.07, 6.45) is 0.863. The van der Waals surface area contributed by atoms with E-state index in [4.69, 9.17) is 0 Å². The molecule has 1 aromatic rings. The zero-order chi connectivity index (χ0) is 9.54. The van der Waals surface area contributed by atoms with Crippen LogP contribution in [0.3, 0.4) is 0 Å². The van der Waals surface area contributed by atoms with Gasteiger partial charge in [0.05, 0.1) is 0 Å². The molecule has 1 N–H and O–H groups in total. The van der Waals surface area contributed by atoms with Gasteiger partial charge in [0.25, 0.3) is 0 Å². The van der Waals surface area contributed by atoms with Gasteiger partial charge in [0.1, 0.15) is 6.04 Å². The topological polar surface area (TPSA) is 32.3 Å². The number of para-hydroxylation sites is 1. The van der Waals surface area contributed by atoms with E-state index in [1.807, 2.05) is 12.1 Å². The van der Waals surface area contributed by atoms with Crippen LogP contribution in [-0.4, -0.2) is 25.0 Å². The van der Waals surface area contributed by atoms with Gasteiger partial charge in [-0.15, -0.1) is 0 Å². The molecule has 0 bridgehead atoms. The molecule has 0 aliphatic carbocycles. The number of anilines is 1. The van der Waals surface area contributed by atoms with E-state index in [2.05, 4.69) is 22.3 Å². The Morgan fingerprint density at radius 2 is 2.21 bits per heavy atom. The fraction of sp³-hybridized carbons (Fsp3) is 0.364. The predicted molar refractivity (Wildman–Crippen MR) is 54.3 cm³/mol. The molecule has 72 valence electrons. The Hall–Kier alpha value is -1.51. The number of fused-ring (bicyclic) bond motifs is 3. The lowest BCUT2D eigenvalue weighted by atomic mass is 10.1. The summed E-state index contributed by atoms with van der Waals surface area (Å²) in [5.74, 6) is 0.174. The van der Waals surface area contributed by atoms with Crippen molar-refractivity contribution in [2.24, 2.45) is 0 Å². The quantitative estimate of drug-likeness (QED) is 0.644. The number of carbonyl (C=O) groups excluding carboxylic acids is 1. The number of nitrogens with zero attached hydrogens (tertiary/aromatic N) is 1. The van der Waals surface area contributed by atoms with Gasteiger partial charge < -0.3 is 10.2 Å². The standard InChI is InChI=1S/C11H12N2O/c14-11-10-7-8-3-1-2-4-9(8)13(10)6-5-12-11/h1-4,10H,5-7H2,(H,12,14). The molecule has 1 fully saturated rings. The summed E-state index contributed by atoms with van der Waals surface area (Å²) in [6, 6.07) is 8.33. The molecule has 0 spiro atoms. The third-order valence-electron chi connectivity index (χ3n) is 3.05. The Kier molecular flexibility index (Phi) is 1.54. The van der Waals surface area contributed by atoms with E-state index in [9.17, 15) is 4.79 Å². The smallest absolute Gasteiger partial charge is 0.243 e. The highest BCUT2D eigenvalue weighted by atomic mass is 16.2. The van der Waals surface area contributed by atoms with Crippen molar-refractivity contribution in [3.8, 4) is 0 Å². The van der Waals surface area contributed by atoms with Crippen molar-refractivity contribution in [3.05, 3.63) is 29.8 Å². The van der Waals surface area contributed by atoms with Gasteiger partial charge in [-0.1, -0.05) is 18.2 Å². The highest BCUT2D eigenvalue weighted by Crippen LogP contribution is 2.32. The van der Waals surface area contributed by atoms with Crippen LogP contribution in [0, 0.1) is 0 Å².